The fourth-order valence-corrected chi connectivity index (χ4v) is 3.62. The zero-order valence-corrected chi connectivity index (χ0v) is 14.4. The predicted octanol–water partition coefficient (Wildman–Crippen LogP) is 2.09. The Bertz CT molecular complexity index is 453. The second-order valence-electron chi connectivity index (χ2n) is 6.74. The van der Waals surface area contributed by atoms with Gasteiger partial charge in [-0.3, -0.25) is 4.79 Å². The molecule has 1 amide bonds. The van der Waals surface area contributed by atoms with Crippen molar-refractivity contribution in [3.05, 3.63) is 0 Å². The van der Waals surface area contributed by atoms with Gasteiger partial charge in [0, 0.05) is 26.7 Å². The van der Waals surface area contributed by atoms with E-state index in [0.29, 0.717) is 29.2 Å². The lowest BCUT2D eigenvalue weighted by Crippen LogP contribution is -2.42. The van der Waals surface area contributed by atoms with Crippen LogP contribution in [-0.2, 0) is 4.79 Å². The number of alkyl halides is 3. The molecular weight excluding hydrogens is 321 g/mol. The number of carbonyl (C=O) groups excluding carboxylic acids is 1. The van der Waals surface area contributed by atoms with Gasteiger partial charge in [0.05, 0.1) is 0 Å². The third-order valence-electron chi connectivity index (χ3n) is 4.82. The molecule has 138 valence electrons. The summed E-state index contributed by atoms with van der Waals surface area (Å²) in [6.07, 6.45) is 0.609. The molecule has 2 unspecified atom stereocenters. The summed E-state index contributed by atoms with van der Waals surface area (Å²) >= 11 is 0. The van der Waals surface area contributed by atoms with Crippen molar-refractivity contribution < 1.29 is 18.0 Å². The Morgan fingerprint density at radius 2 is 1.83 bits per heavy atom. The summed E-state index contributed by atoms with van der Waals surface area (Å²) in [6, 6.07) is 0. The molecule has 0 radical (unpaired) electrons. The van der Waals surface area contributed by atoms with Gasteiger partial charge in [-0.05, 0) is 31.6 Å². The third kappa shape index (κ3) is 5.27. The molecular formula is C16H27F3N4O. The van der Waals surface area contributed by atoms with Crippen LogP contribution in [0.3, 0.4) is 0 Å². The number of rotatable bonds is 4. The first-order valence-electron chi connectivity index (χ1n) is 8.64. The van der Waals surface area contributed by atoms with E-state index in [4.69, 9.17) is 0 Å². The minimum Gasteiger partial charge on any atom is -0.357 e. The molecule has 8 heteroatoms. The first kappa shape index (κ1) is 18.9. The first-order valence-corrected chi connectivity index (χ1v) is 8.64. The molecule has 0 bridgehead atoms. The Morgan fingerprint density at radius 3 is 2.33 bits per heavy atom. The number of guanidine groups is 1. The molecule has 5 nitrogen and oxygen atoms in total. The Morgan fingerprint density at radius 1 is 1.25 bits per heavy atom. The molecule has 2 rings (SSSR count). The average molecular weight is 348 g/mol. The summed E-state index contributed by atoms with van der Waals surface area (Å²) in [5.41, 5.74) is 0. The largest absolute Gasteiger partial charge is 0.406 e. The maximum absolute atomic E-state index is 12.4. The normalized spacial score (nSPS) is 24.7. The van der Waals surface area contributed by atoms with E-state index >= 15 is 0 Å². The van der Waals surface area contributed by atoms with E-state index in [0.717, 1.165) is 20.1 Å². The van der Waals surface area contributed by atoms with Crippen LogP contribution in [0.15, 0.2) is 4.99 Å². The number of likely N-dealkylation sites (N-methyl/N-ethyl adjacent to an activating group) is 1. The van der Waals surface area contributed by atoms with Crippen LogP contribution >= 0.6 is 0 Å². The van der Waals surface area contributed by atoms with E-state index in [1.54, 1.807) is 0 Å². The lowest BCUT2D eigenvalue weighted by Gasteiger charge is -2.22. The Balaban J connectivity index is 1.94. The molecule has 0 spiro atoms. The lowest BCUT2D eigenvalue weighted by atomic mass is 9.82. The number of likely N-dealkylation sites (tertiary alicyclic amines) is 1. The minimum atomic E-state index is -4.39. The van der Waals surface area contributed by atoms with E-state index in [1.165, 1.54) is 25.7 Å². The van der Waals surface area contributed by atoms with Gasteiger partial charge in [0.25, 0.3) is 0 Å². The summed E-state index contributed by atoms with van der Waals surface area (Å²) in [4.78, 5) is 19.0. The fourth-order valence-electron chi connectivity index (χ4n) is 3.62. The van der Waals surface area contributed by atoms with Gasteiger partial charge in [-0.15, -0.1) is 0 Å². The SMILES string of the molecule is CCNC(=NCC(=O)N(C)CC(F)(F)F)N1CC2CCCCC2C1. The van der Waals surface area contributed by atoms with E-state index in [2.05, 4.69) is 15.2 Å². The first-order chi connectivity index (χ1) is 11.3. The molecule has 24 heavy (non-hydrogen) atoms. The highest BCUT2D eigenvalue weighted by molar-refractivity contribution is 5.85. The van der Waals surface area contributed by atoms with E-state index in [-0.39, 0.29) is 6.54 Å². The van der Waals surface area contributed by atoms with Crippen molar-refractivity contribution in [3.63, 3.8) is 0 Å². The quantitative estimate of drug-likeness (QED) is 0.625. The van der Waals surface area contributed by atoms with Crippen molar-refractivity contribution in [2.24, 2.45) is 16.8 Å². The van der Waals surface area contributed by atoms with Crippen LogP contribution in [0, 0.1) is 11.8 Å². The second kappa shape index (κ2) is 8.07. The number of nitrogens with one attached hydrogen (secondary N) is 1. The highest BCUT2D eigenvalue weighted by Crippen LogP contribution is 2.35. The van der Waals surface area contributed by atoms with E-state index < -0.39 is 18.6 Å². The summed E-state index contributed by atoms with van der Waals surface area (Å²) in [5, 5.41) is 3.16. The monoisotopic (exact) mass is 348 g/mol. The maximum Gasteiger partial charge on any atom is 0.406 e. The smallest absolute Gasteiger partial charge is 0.357 e. The Labute approximate surface area is 141 Å². The number of carbonyl (C=O) groups is 1. The van der Waals surface area contributed by atoms with Gasteiger partial charge in [0.1, 0.15) is 13.1 Å². The van der Waals surface area contributed by atoms with Crippen LogP contribution in [0.2, 0.25) is 0 Å². The molecule has 2 fully saturated rings. The van der Waals surface area contributed by atoms with Crippen molar-refractivity contribution in [2.75, 3.05) is 39.8 Å². The number of nitrogens with zero attached hydrogens (tertiary/aromatic N) is 3. The fraction of sp³-hybridized carbons (Fsp3) is 0.875. The highest BCUT2D eigenvalue weighted by atomic mass is 19.4. The summed E-state index contributed by atoms with van der Waals surface area (Å²) in [5.74, 6) is 1.36. The highest BCUT2D eigenvalue weighted by Gasteiger charge is 2.36. The molecule has 1 heterocycles. The number of amides is 1. The van der Waals surface area contributed by atoms with Gasteiger partial charge < -0.3 is 15.1 Å². The van der Waals surface area contributed by atoms with Gasteiger partial charge in [-0.2, -0.15) is 13.2 Å². The number of hydrogen-bond donors (Lipinski definition) is 1. The predicted molar refractivity (Wildman–Crippen MR) is 86.7 cm³/mol. The van der Waals surface area contributed by atoms with Gasteiger partial charge >= 0.3 is 6.18 Å². The van der Waals surface area contributed by atoms with Gasteiger partial charge in [0.15, 0.2) is 5.96 Å². The van der Waals surface area contributed by atoms with Gasteiger partial charge in [-0.25, -0.2) is 4.99 Å². The van der Waals surface area contributed by atoms with E-state index in [1.807, 2.05) is 6.92 Å². The van der Waals surface area contributed by atoms with Crippen molar-refractivity contribution in [3.8, 4) is 0 Å². The number of hydrogen-bond acceptors (Lipinski definition) is 2. The molecule has 2 aliphatic rings. The number of fused-ring (bicyclic) bond motifs is 1. The Kier molecular flexibility index (Phi) is 6.34. The molecule has 1 N–H and O–H groups in total. The van der Waals surface area contributed by atoms with Crippen LogP contribution in [-0.4, -0.2) is 67.6 Å². The maximum atomic E-state index is 12.4. The molecule has 2 atom stereocenters. The topological polar surface area (TPSA) is 47.9 Å². The third-order valence-corrected chi connectivity index (χ3v) is 4.82. The van der Waals surface area contributed by atoms with Crippen LogP contribution in [0.4, 0.5) is 13.2 Å². The average Bonchev–Trinajstić information content (AvgIpc) is 2.93. The molecule has 1 saturated heterocycles. The van der Waals surface area contributed by atoms with Crippen molar-refractivity contribution in [1.29, 1.82) is 0 Å². The molecule has 0 aromatic rings. The second-order valence-corrected chi connectivity index (χ2v) is 6.74. The Hall–Kier alpha value is -1.47. The standard InChI is InChI=1S/C16H27F3N4O/c1-3-20-15(21-8-14(24)22(2)11-16(17,18)19)23-9-12-6-4-5-7-13(12)10-23/h12-13H,3-11H2,1-2H3,(H,20,21). The van der Waals surface area contributed by atoms with Crippen LogP contribution < -0.4 is 5.32 Å². The van der Waals surface area contributed by atoms with Crippen LogP contribution in [0.5, 0.6) is 0 Å². The number of halogens is 3. The summed E-state index contributed by atoms with van der Waals surface area (Å²) in [7, 11) is 1.16. The van der Waals surface area contributed by atoms with Crippen molar-refractivity contribution >= 4 is 11.9 Å². The van der Waals surface area contributed by atoms with Gasteiger partial charge in [0.2, 0.25) is 5.91 Å². The van der Waals surface area contributed by atoms with Crippen molar-refractivity contribution in [1.82, 2.24) is 15.1 Å². The summed E-state index contributed by atoms with van der Waals surface area (Å²) < 4.78 is 37.1. The van der Waals surface area contributed by atoms with Crippen LogP contribution in [0.25, 0.3) is 0 Å². The molecule has 1 aliphatic heterocycles. The zero-order chi connectivity index (χ0) is 17.7. The van der Waals surface area contributed by atoms with Gasteiger partial charge in [-0.1, -0.05) is 12.8 Å². The van der Waals surface area contributed by atoms with Crippen LogP contribution in [0.1, 0.15) is 32.6 Å². The summed E-state index contributed by atoms with van der Waals surface area (Å²) in [6.45, 7) is 2.94. The molecule has 1 aliphatic carbocycles. The minimum absolute atomic E-state index is 0.263. The van der Waals surface area contributed by atoms with Crippen molar-refractivity contribution in [2.45, 2.75) is 38.8 Å². The lowest BCUT2D eigenvalue weighted by molar-refractivity contribution is -0.157. The molecule has 0 aromatic carbocycles. The zero-order valence-electron chi connectivity index (χ0n) is 14.4. The number of aliphatic imine (C=N–C) groups is 1. The molecule has 1 saturated carbocycles. The van der Waals surface area contributed by atoms with E-state index in [9.17, 15) is 18.0 Å². The molecule has 0 aromatic heterocycles.